The average Bonchev–Trinajstić information content (AvgIpc) is 2.66. The van der Waals surface area contributed by atoms with Gasteiger partial charge in [-0.15, -0.1) is 0 Å². The van der Waals surface area contributed by atoms with Crippen LogP contribution in [0.1, 0.15) is 25.5 Å². The number of carbonyl (C=O) groups is 2. The number of ketones is 1. The van der Waals surface area contributed by atoms with Gasteiger partial charge in [-0.25, -0.2) is 9.97 Å². The van der Waals surface area contributed by atoms with Crippen LogP contribution in [0.5, 0.6) is 0 Å². The summed E-state index contributed by atoms with van der Waals surface area (Å²) in [7, 11) is 0. The topological polar surface area (TPSA) is 176 Å². The molecule has 0 fully saturated rings. The molecule has 12 heteroatoms. The summed E-state index contributed by atoms with van der Waals surface area (Å²) in [5, 5.41) is 0.292. The third-order valence-electron chi connectivity index (χ3n) is 3.02. The molecule has 0 spiro atoms. The molecular formula is C17H25BrN6O5. The van der Waals surface area contributed by atoms with Crippen molar-refractivity contribution in [2.75, 3.05) is 23.4 Å². The van der Waals surface area contributed by atoms with Crippen LogP contribution in [-0.4, -0.2) is 43.2 Å². The zero-order valence-corrected chi connectivity index (χ0v) is 18.3. The Bertz CT molecular complexity index is 941. The fraction of sp³-hybridized carbons (Fsp3) is 0.412. The summed E-state index contributed by atoms with van der Waals surface area (Å²) in [5.74, 6) is 0.767. The van der Waals surface area contributed by atoms with E-state index in [2.05, 4.69) is 35.6 Å². The van der Waals surface area contributed by atoms with Crippen molar-refractivity contribution >= 4 is 39.1 Å². The summed E-state index contributed by atoms with van der Waals surface area (Å²) in [6.07, 6.45) is 2.64. The van der Waals surface area contributed by atoms with Gasteiger partial charge in [-0.1, -0.05) is 15.9 Å². The molecule has 0 unspecified atom stereocenters. The summed E-state index contributed by atoms with van der Waals surface area (Å²) >= 11 is 2.94. The maximum absolute atomic E-state index is 11.4. The molecule has 29 heavy (non-hydrogen) atoms. The molecule has 5 N–H and O–H groups in total. The van der Waals surface area contributed by atoms with Gasteiger partial charge in [-0.3, -0.25) is 23.7 Å². The van der Waals surface area contributed by atoms with E-state index in [1.807, 2.05) is 0 Å². The first-order valence-corrected chi connectivity index (χ1v) is 9.49. The van der Waals surface area contributed by atoms with Gasteiger partial charge in [-0.2, -0.15) is 0 Å². The van der Waals surface area contributed by atoms with Crippen LogP contribution in [-0.2, 0) is 20.9 Å². The van der Waals surface area contributed by atoms with Gasteiger partial charge in [0.25, 0.3) is 11.1 Å². The Kier molecular flexibility index (Phi) is 11.8. The van der Waals surface area contributed by atoms with Gasteiger partial charge in [-0.05, 0) is 27.7 Å². The van der Waals surface area contributed by atoms with Crippen molar-refractivity contribution in [1.82, 2.24) is 19.5 Å². The number of aryl methyl sites for hydroxylation is 2. The number of nitrogens with one attached hydrogen (secondary N) is 1. The predicted octanol–water partition coefficient (Wildman–Crippen LogP) is 0.328. The van der Waals surface area contributed by atoms with E-state index in [4.69, 9.17) is 11.5 Å². The third kappa shape index (κ3) is 10.2. The van der Waals surface area contributed by atoms with Crippen LogP contribution in [0.3, 0.4) is 0 Å². The quantitative estimate of drug-likeness (QED) is 0.417. The zero-order chi connectivity index (χ0) is 22.6. The molecule has 0 atom stereocenters. The van der Waals surface area contributed by atoms with Gasteiger partial charge in [0.15, 0.2) is 0 Å². The highest BCUT2D eigenvalue weighted by atomic mass is 79.9. The second kappa shape index (κ2) is 13.2. The number of aromatic nitrogens is 4. The van der Waals surface area contributed by atoms with Crippen LogP contribution in [0, 0.1) is 13.8 Å². The summed E-state index contributed by atoms with van der Waals surface area (Å²) in [6, 6.07) is 0. The lowest BCUT2D eigenvalue weighted by Gasteiger charge is -2.06. The molecule has 0 aromatic carbocycles. The van der Waals surface area contributed by atoms with Crippen molar-refractivity contribution < 1.29 is 14.3 Å². The lowest BCUT2D eigenvalue weighted by atomic mass is 10.4. The number of alkyl halides is 1. The van der Waals surface area contributed by atoms with E-state index in [1.165, 1.54) is 23.9 Å². The molecule has 2 heterocycles. The average molecular weight is 473 g/mol. The summed E-state index contributed by atoms with van der Waals surface area (Å²) in [5.41, 5.74) is 10.1. The number of halogens is 1. The predicted molar refractivity (Wildman–Crippen MR) is 113 cm³/mol. The molecule has 0 bridgehead atoms. The monoisotopic (exact) mass is 472 g/mol. The highest BCUT2D eigenvalue weighted by Gasteiger charge is 2.06. The number of esters is 1. The van der Waals surface area contributed by atoms with Gasteiger partial charge < -0.3 is 21.2 Å². The maximum atomic E-state index is 11.4. The van der Waals surface area contributed by atoms with Crippen molar-refractivity contribution in [2.24, 2.45) is 0 Å². The minimum absolute atomic E-state index is 0.0305. The first-order valence-electron chi connectivity index (χ1n) is 8.37. The zero-order valence-electron chi connectivity index (χ0n) is 16.7. The van der Waals surface area contributed by atoms with Crippen molar-refractivity contribution in [2.45, 2.75) is 34.2 Å². The molecule has 2 aromatic heterocycles. The smallest absolute Gasteiger partial charge is 0.316 e. The van der Waals surface area contributed by atoms with Crippen molar-refractivity contribution in [3.63, 3.8) is 0 Å². The Labute approximate surface area is 175 Å². The fourth-order valence-corrected chi connectivity index (χ4v) is 1.85. The molecule has 160 valence electrons. The molecule has 0 saturated carbocycles. The number of nitrogens with two attached hydrogens (primary N) is 2. The molecule has 0 aliphatic rings. The standard InChI is InChI=1S/C8H11N3O2.C5H7N3O.C4H7BrO2/c1-5(12)4-11-6(2)10-3-7(9)8(11)13;1-3-7-2-4(6)5(9)8-3;1-2-7-4(6)3-5/h3H,4,9H2,1-2H3;2H,6H2,1H3,(H,7,8,9);2-3H2,1H3. The van der Waals surface area contributed by atoms with E-state index in [1.54, 1.807) is 20.8 Å². The first kappa shape index (κ1) is 26.0. The van der Waals surface area contributed by atoms with Crippen LogP contribution in [0.2, 0.25) is 0 Å². The number of carbonyl (C=O) groups excluding carboxylic acids is 2. The van der Waals surface area contributed by atoms with E-state index in [9.17, 15) is 19.2 Å². The number of Topliss-reactive ketones (excluding diaryl/α,β-unsaturated/α-hetero) is 1. The molecule has 2 aromatic rings. The Hall–Kier alpha value is -3.02. The summed E-state index contributed by atoms with van der Waals surface area (Å²) in [4.78, 5) is 53.0. The van der Waals surface area contributed by atoms with E-state index in [-0.39, 0.29) is 40.8 Å². The molecule has 2 rings (SSSR count). The molecule has 0 amide bonds. The Morgan fingerprint density at radius 3 is 2.17 bits per heavy atom. The lowest BCUT2D eigenvalue weighted by Crippen LogP contribution is -2.28. The molecular weight excluding hydrogens is 448 g/mol. The van der Waals surface area contributed by atoms with Crippen molar-refractivity contribution in [3.8, 4) is 0 Å². The summed E-state index contributed by atoms with van der Waals surface area (Å²) in [6.45, 7) is 7.04. The van der Waals surface area contributed by atoms with Gasteiger partial charge in [0, 0.05) is 0 Å². The number of ether oxygens (including phenoxy) is 1. The second-order valence-electron chi connectivity index (χ2n) is 5.55. The fourth-order valence-electron chi connectivity index (χ4n) is 1.69. The minimum atomic E-state index is -0.359. The molecule has 0 aliphatic carbocycles. The van der Waals surface area contributed by atoms with Crippen LogP contribution >= 0.6 is 15.9 Å². The second-order valence-corrected chi connectivity index (χ2v) is 6.11. The Morgan fingerprint density at radius 2 is 1.76 bits per heavy atom. The van der Waals surface area contributed by atoms with E-state index < -0.39 is 0 Å². The molecule has 11 nitrogen and oxygen atoms in total. The van der Waals surface area contributed by atoms with Crippen LogP contribution in [0.4, 0.5) is 11.4 Å². The van der Waals surface area contributed by atoms with Crippen LogP contribution in [0.15, 0.2) is 22.0 Å². The Morgan fingerprint density at radius 1 is 1.17 bits per heavy atom. The molecule has 0 radical (unpaired) electrons. The normalized spacial score (nSPS) is 9.41. The lowest BCUT2D eigenvalue weighted by molar-refractivity contribution is -0.139. The van der Waals surface area contributed by atoms with Gasteiger partial charge >= 0.3 is 5.97 Å². The summed E-state index contributed by atoms with van der Waals surface area (Å²) < 4.78 is 5.77. The minimum Gasteiger partial charge on any atom is -0.465 e. The maximum Gasteiger partial charge on any atom is 0.316 e. The van der Waals surface area contributed by atoms with Crippen molar-refractivity contribution in [3.05, 3.63) is 44.8 Å². The van der Waals surface area contributed by atoms with Gasteiger partial charge in [0.1, 0.15) is 34.1 Å². The van der Waals surface area contributed by atoms with Crippen LogP contribution in [0.25, 0.3) is 0 Å². The van der Waals surface area contributed by atoms with Gasteiger partial charge in [0.05, 0.1) is 25.5 Å². The van der Waals surface area contributed by atoms with E-state index in [0.29, 0.717) is 23.6 Å². The SMILES string of the molecule is CC(=O)Cn1c(C)ncc(N)c1=O.CCOC(=O)CBr.Cc1ncc(N)c(=O)[nH]1. The van der Waals surface area contributed by atoms with Crippen LogP contribution < -0.4 is 22.6 Å². The highest BCUT2D eigenvalue weighted by molar-refractivity contribution is 9.09. The van der Waals surface area contributed by atoms with E-state index >= 15 is 0 Å². The number of rotatable bonds is 4. The molecule has 0 saturated heterocycles. The molecule has 0 aliphatic heterocycles. The number of anilines is 2. The largest absolute Gasteiger partial charge is 0.465 e. The number of hydrogen-bond donors (Lipinski definition) is 3. The first-order chi connectivity index (χ1) is 13.5. The van der Waals surface area contributed by atoms with E-state index in [0.717, 1.165) is 0 Å². The number of hydrogen-bond acceptors (Lipinski definition) is 9. The number of aromatic amines is 1. The van der Waals surface area contributed by atoms with Gasteiger partial charge in [0.2, 0.25) is 0 Å². The highest BCUT2D eigenvalue weighted by Crippen LogP contribution is 1.94. The number of nitrogens with zero attached hydrogens (tertiary/aromatic N) is 3. The number of nitrogen functional groups attached to an aromatic ring is 2. The number of H-pyrrole nitrogens is 1. The van der Waals surface area contributed by atoms with Crippen molar-refractivity contribution in [1.29, 1.82) is 0 Å². The third-order valence-corrected chi connectivity index (χ3v) is 3.48. The Balaban J connectivity index is 0.000000430.